The number of nitrogens with one attached hydrogen (secondary N) is 1. The Hall–Kier alpha value is -2.68. The minimum Gasteiger partial charge on any atom is -0.324 e. The summed E-state index contributed by atoms with van der Waals surface area (Å²) in [6.07, 6.45) is 3.45. The van der Waals surface area contributed by atoms with Crippen LogP contribution in [0.15, 0.2) is 73.1 Å². The van der Waals surface area contributed by atoms with Crippen molar-refractivity contribution in [2.24, 2.45) is 0 Å². The first-order valence-corrected chi connectivity index (χ1v) is 6.12. The maximum absolute atomic E-state index is 4.19. The summed E-state index contributed by atoms with van der Waals surface area (Å²) in [5, 5.41) is 3.25. The van der Waals surface area contributed by atoms with Crippen molar-refractivity contribution in [3.63, 3.8) is 0 Å². The fourth-order valence-electron chi connectivity index (χ4n) is 1.95. The largest absolute Gasteiger partial charge is 0.324 e. The first-order chi connectivity index (χ1) is 9.43. The summed E-state index contributed by atoms with van der Waals surface area (Å²) < 4.78 is 0. The molecule has 3 rings (SSSR count). The molecular formula is C16H13N3. The summed E-state index contributed by atoms with van der Waals surface area (Å²) >= 11 is 0. The Morgan fingerprint density at radius 3 is 2.16 bits per heavy atom. The molecule has 1 aromatic heterocycles. The van der Waals surface area contributed by atoms with Gasteiger partial charge < -0.3 is 5.32 Å². The van der Waals surface area contributed by atoms with Crippen LogP contribution in [-0.2, 0) is 0 Å². The van der Waals surface area contributed by atoms with Gasteiger partial charge in [0.2, 0.25) is 5.95 Å². The van der Waals surface area contributed by atoms with Gasteiger partial charge in [-0.3, -0.25) is 0 Å². The van der Waals surface area contributed by atoms with Crippen LogP contribution in [0.1, 0.15) is 0 Å². The number of anilines is 2. The van der Waals surface area contributed by atoms with E-state index in [-0.39, 0.29) is 0 Å². The highest BCUT2D eigenvalue weighted by atomic mass is 15.1. The van der Waals surface area contributed by atoms with Crippen LogP contribution < -0.4 is 5.32 Å². The van der Waals surface area contributed by atoms with E-state index in [0.717, 1.165) is 11.3 Å². The van der Waals surface area contributed by atoms with Crippen molar-refractivity contribution < 1.29 is 0 Å². The lowest BCUT2D eigenvalue weighted by Crippen LogP contribution is -1.97. The zero-order valence-corrected chi connectivity index (χ0v) is 10.3. The third-order valence-electron chi connectivity index (χ3n) is 2.82. The first kappa shape index (κ1) is 11.4. The van der Waals surface area contributed by atoms with Crippen LogP contribution in [0.25, 0.3) is 11.1 Å². The number of nitrogens with zero attached hydrogens (tertiary/aromatic N) is 2. The Kier molecular flexibility index (Phi) is 3.19. The van der Waals surface area contributed by atoms with E-state index in [0.29, 0.717) is 5.95 Å². The molecule has 0 atom stereocenters. The lowest BCUT2D eigenvalue weighted by molar-refractivity contribution is 1.17. The van der Waals surface area contributed by atoms with Gasteiger partial charge in [-0.25, -0.2) is 9.97 Å². The molecule has 0 saturated heterocycles. The molecule has 0 aliphatic carbocycles. The van der Waals surface area contributed by atoms with Crippen molar-refractivity contribution in [3.8, 4) is 11.1 Å². The second-order valence-corrected chi connectivity index (χ2v) is 4.11. The number of hydrogen-bond donors (Lipinski definition) is 1. The SMILES string of the molecule is c1ccc(-c2ccccc2Nc2ncccn2)cc1. The average Bonchev–Trinajstić information content (AvgIpc) is 2.50. The average molecular weight is 247 g/mol. The van der Waals surface area contributed by atoms with Crippen LogP contribution in [0, 0.1) is 0 Å². The van der Waals surface area contributed by atoms with E-state index in [4.69, 9.17) is 0 Å². The van der Waals surface area contributed by atoms with Crippen LogP contribution in [0.4, 0.5) is 11.6 Å². The molecule has 0 spiro atoms. The molecule has 1 N–H and O–H groups in total. The van der Waals surface area contributed by atoms with E-state index in [2.05, 4.69) is 33.5 Å². The van der Waals surface area contributed by atoms with Gasteiger partial charge in [0, 0.05) is 23.6 Å². The van der Waals surface area contributed by atoms with E-state index < -0.39 is 0 Å². The van der Waals surface area contributed by atoms with E-state index in [1.807, 2.05) is 36.4 Å². The Balaban J connectivity index is 1.99. The van der Waals surface area contributed by atoms with Crippen molar-refractivity contribution in [3.05, 3.63) is 73.1 Å². The summed E-state index contributed by atoms with van der Waals surface area (Å²) in [7, 11) is 0. The number of hydrogen-bond acceptors (Lipinski definition) is 3. The molecule has 0 fully saturated rings. The van der Waals surface area contributed by atoms with Gasteiger partial charge in [-0.2, -0.15) is 0 Å². The van der Waals surface area contributed by atoms with Gasteiger partial charge in [0.15, 0.2) is 0 Å². The molecule has 0 aliphatic rings. The Morgan fingerprint density at radius 2 is 1.37 bits per heavy atom. The summed E-state index contributed by atoms with van der Waals surface area (Å²) in [6, 6.07) is 20.2. The van der Waals surface area contributed by atoms with E-state index in [1.54, 1.807) is 18.5 Å². The monoisotopic (exact) mass is 247 g/mol. The van der Waals surface area contributed by atoms with Gasteiger partial charge >= 0.3 is 0 Å². The predicted molar refractivity (Wildman–Crippen MR) is 77.2 cm³/mol. The maximum atomic E-state index is 4.19. The third-order valence-corrected chi connectivity index (χ3v) is 2.82. The van der Waals surface area contributed by atoms with Gasteiger partial charge in [-0.1, -0.05) is 48.5 Å². The van der Waals surface area contributed by atoms with Crippen molar-refractivity contribution in [1.29, 1.82) is 0 Å². The minimum atomic E-state index is 0.603. The van der Waals surface area contributed by atoms with Crippen molar-refractivity contribution in [2.75, 3.05) is 5.32 Å². The van der Waals surface area contributed by atoms with Crippen molar-refractivity contribution in [2.45, 2.75) is 0 Å². The molecule has 3 aromatic rings. The summed E-state index contributed by atoms with van der Waals surface area (Å²) in [5.74, 6) is 0.603. The zero-order chi connectivity index (χ0) is 12.9. The van der Waals surface area contributed by atoms with Crippen LogP contribution in [0.2, 0.25) is 0 Å². The van der Waals surface area contributed by atoms with Crippen molar-refractivity contribution >= 4 is 11.6 Å². The van der Waals surface area contributed by atoms with Gasteiger partial charge in [0.25, 0.3) is 0 Å². The molecule has 0 saturated carbocycles. The molecule has 19 heavy (non-hydrogen) atoms. The Bertz CT molecular complexity index is 651. The molecule has 0 radical (unpaired) electrons. The maximum Gasteiger partial charge on any atom is 0.227 e. The summed E-state index contributed by atoms with van der Waals surface area (Å²) in [6.45, 7) is 0. The molecule has 0 aliphatic heterocycles. The first-order valence-electron chi connectivity index (χ1n) is 6.12. The highest BCUT2D eigenvalue weighted by Gasteiger charge is 2.04. The van der Waals surface area contributed by atoms with Gasteiger partial charge in [-0.05, 0) is 17.7 Å². The second-order valence-electron chi connectivity index (χ2n) is 4.11. The van der Waals surface area contributed by atoms with E-state index in [9.17, 15) is 0 Å². The molecule has 0 bridgehead atoms. The lowest BCUT2D eigenvalue weighted by atomic mass is 10.0. The number of benzene rings is 2. The zero-order valence-electron chi connectivity index (χ0n) is 10.3. The van der Waals surface area contributed by atoms with Gasteiger partial charge in [0.05, 0.1) is 0 Å². The van der Waals surface area contributed by atoms with Crippen LogP contribution in [0.5, 0.6) is 0 Å². The predicted octanol–water partition coefficient (Wildman–Crippen LogP) is 3.89. The molecule has 1 heterocycles. The van der Waals surface area contributed by atoms with E-state index >= 15 is 0 Å². The highest BCUT2D eigenvalue weighted by Crippen LogP contribution is 2.28. The number of para-hydroxylation sites is 1. The van der Waals surface area contributed by atoms with Gasteiger partial charge in [-0.15, -0.1) is 0 Å². The minimum absolute atomic E-state index is 0.603. The fourth-order valence-corrected chi connectivity index (χ4v) is 1.95. The smallest absolute Gasteiger partial charge is 0.227 e. The normalized spacial score (nSPS) is 10.1. The summed E-state index contributed by atoms with van der Waals surface area (Å²) in [5.41, 5.74) is 3.30. The standard InChI is InChI=1S/C16H13N3/c1-2-7-13(8-3-1)14-9-4-5-10-15(14)19-16-17-11-6-12-18-16/h1-12H,(H,17,18,19). The summed E-state index contributed by atoms with van der Waals surface area (Å²) in [4.78, 5) is 8.37. The van der Waals surface area contributed by atoms with Gasteiger partial charge in [0.1, 0.15) is 0 Å². The molecule has 2 aromatic carbocycles. The molecular weight excluding hydrogens is 234 g/mol. The molecule has 0 amide bonds. The lowest BCUT2D eigenvalue weighted by Gasteiger charge is -2.10. The molecule has 3 heteroatoms. The number of rotatable bonds is 3. The van der Waals surface area contributed by atoms with Crippen molar-refractivity contribution in [1.82, 2.24) is 9.97 Å². The fraction of sp³-hybridized carbons (Fsp3) is 0. The van der Waals surface area contributed by atoms with Crippen LogP contribution in [-0.4, -0.2) is 9.97 Å². The quantitative estimate of drug-likeness (QED) is 0.763. The Morgan fingerprint density at radius 1 is 0.684 bits per heavy atom. The molecule has 3 nitrogen and oxygen atoms in total. The topological polar surface area (TPSA) is 37.8 Å². The van der Waals surface area contributed by atoms with Crippen LogP contribution >= 0.6 is 0 Å². The Labute approximate surface area is 112 Å². The van der Waals surface area contributed by atoms with E-state index in [1.165, 1.54) is 5.56 Å². The second kappa shape index (κ2) is 5.31. The molecule has 0 unspecified atom stereocenters. The highest BCUT2D eigenvalue weighted by molar-refractivity contribution is 5.79. The molecule has 92 valence electrons. The van der Waals surface area contributed by atoms with Crippen LogP contribution in [0.3, 0.4) is 0 Å². The number of aromatic nitrogens is 2. The third kappa shape index (κ3) is 2.60.